The van der Waals surface area contributed by atoms with Crippen molar-refractivity contribution in [1.29, 1.82) is 0 Å². The summed E-state index contributed by atoms with van der Waals surface area (Å²) >= 11 is 9.43. The maximum atomic E-state index is 13.0. The number of hydrogen-bond donors (Lipinski definition) is 3. The van der Waals surface area contributed by atoms with Crippen molar-refractivity contribution >= 4 is 45.2 Å². The molecule has 134 valence electrons. The highest BCUT2D eigenvalue weighted by molar-refractivity contribution is 9.10. The highest BCUT2D eigenvalue weighted by Crippen LogP contribution is 2.29. The molecular weight excluding hydrogens is 418 g/mol. The third-order valence-corrected chi connectivity index (χ3v) is 4.93. The molecule has 2 aromatic rings. The summed E-state index contributed by atoms with van der Waals surface area (Å²) in [6, 6.07) is 11.9. The number of hydrogen-bond acceptors (Lipinski definition) is 2. The van der Waals surface area contributed by atoms with Crippen LogP contribution in [0.15, 0.2) is 58.2 Å². The Labute approximate surface area is 164 Å². The molecule has 2 aromatic carbocycles. The van der Waals surface area contributed by atoms with E-state index in [-0.39, 0.29) is 11.9 Å². The van der Waals surface area contributed by atoms with Gasteiger partial charge in [0.2, 0.25) is 0 Å². The predicted octanol–water partition coefficient (Wildman–Crippen LogP) is 4.68. The zero-order valence-corrected chi connectivity index (χ0v) is 16.5. The summed E-state index contributed by atoms with van der Waals surface area (Å²) in [6.45, 7) is 3.60. The lowest BCUT2D eigenvalue weighted by Crippen LogP contribution is -2.46. The van der Waals surface area contributed by atoms with Crippen molar-refractivity contribution < 1.29 is 9.59 Å². The Morgan fingerprint density at radius 2 is 1.85 bits per heavy atom. The van der Waals surface area contributed by atoms with Gasteiger partial charge in [-0.1, -0.05) is 45.7 Å². The van der Waals surface area contributed by atoms with E-state index >= 15 is 0 Å². The topological polar surface area (TPSA) is 70.2 Å². The van der Waals surface area contributed by atoms with Crippen LogP contribution in [-0.2, 0) is 4.79 Å². The van der Waals surface area contributed by atoms with E-state index in [1.54, 1.807) is 19.1 Å². The lowest BCUT2D eigenvalue weighted by Gasteiger charge is -2.29. The molecule has 1 heterocycles. The van der Waals surface area contributed by atoms with Crippen LogP contribution >= 0.6 is 27.5 Å². The number of benzene rings is 2. The number of carbonyl (C=O) groups is 2. The number of amides is 3. The molecule has 0 bridgehead atoms. The lowest BCUT2D eigenvalue weighted by molar-refractivity contribution is -0.113. The molecule has 3 N–H and O–H groups in total. The fourth-order valence-corrected chi connectivity index (χ4v) is 3.26. The third kappa shape index (κ3) is 3.92. The highest BCUT2D eigenvalue weighted by atomic mass is 79.9. The summed E-state index contributed by atoms with van der Waals surface area (Å²) < 4.78 is 0.919. The number of anilines is 1. The van der Waals surface area contributed by atoms with Gasteiger partial charge in [0.05, 0.1) is 11.6 Å². The van der Waals surface area contributed by atoms with Crippen LogP contribution in [-0.4, -0.2) is 11.9 Å². The molecule has 26 heavy (non-hydrogen) atoms. The van der Waals surface area contributed by atoms with Crippen molar-refractivity contribution in [1.82, 2.24) is 10.6 Å². The number of aryl methyl sites for hydroxylation is 1. The second-order valence-corrected chi connectivity index (χ2v) is 7.39. The van der Waals surface area contributed by atoms with E-state index < -0.39 is 6.04 Å². The zero-order valence-electron chi connectivity index (χ0n) is 14.2. The standard InChI is InChI=1S/C19H17BrClN3O2/c1-10-3-8-14(21)9-15(10)23-18(25)16-11(2)22-19(26)24-17(16)12-4-6-13(20)7-5-12/h3-9,17H,1-2H3,(H,23,25)(H2,22,24,26)/t17-/m0/s1. The van der Waals surface area contributed by atoms with Gasteiger partial charge >= 0.3 is 6.03 Å². The van der Waals surface area contributed by atoms with Crippen molar-refractivity contribution in [2.75, 3.05) is 5.32 Å². The molecule has 1 aliphatic heterocycles. The summed E-state index contributed by atoms with van der Waals surface area (Å²) in [4.78, 5) is 24.9. The Bertz CT molecular complexity index is 910. The monoisotopic (exact) mass is 433 g/mol. The Morgan fingerprint density at radius 1 is 1.15 bits per heavy atom. The first-order valence-electron chi connectivity index (χ1n) is 7.96. The van der Waals surface area contributed by atoms with Gasteiger partial charge in [0.15, 0.2) is 0 Å². The average Bonchev–Trinajstić information content (AvgIpc) is 2.58. The van der Waals surface area contributed by atoms with Gasteiger partial charge < -0.3 is 16.0 Å². The molecule has 5 nitrogen and oxygen atoms in total. The number of nitrogens with one attached hydrogen (secondary N) is 3. The van der Waals surface area contributed by atoms with Crippen LogP contribution < -0.4 is 16.0 Å². The number of urea groups is 1. The van der Waals surface area contributed by atoms with Gasteiger partial charge in [0.1, 0.15) is 0 Å². The minimum Gasteiger partial charge on any atom is -0.327 e. The molecule has 0 aliphatic carbocycles. The first-order valence-corrected chi connectivity index (χ1v) is 9.13. The minimum absolute atomic E-state index is 0.298. The largest absolute Gasteiger partial charge is 0.327 e. The SMILES string of the molecule is CC1=C(C(=O)Nc2cc(Cl)ccc2C)[C@H](c2ccc(Br)cc2)NC(=O)N1. The molecule has 0 saturated carbocycles. The van der Waals surface area contributed by atoms with Gasteiger partial charge in [0, 0.05) is 20.9 Å². The van der Waals surface area contributed by atoms with E-state index in [1.165, 1.54) is 0 Å². The van der Waals surface area contributed by atoms with Crippen molar-refractivity contribution in [3.63, 3.8) is 0 Å². The molecule has 0 fully saturated rings. The van der Waals surface area contributed by atoms with E-state index in [9.17, 15) is 9.59 Å². The molecule has 0 aromatic heterocycles. The molecule has 1 atom stereocenters. The fraction of sp³-hybridized carbons (Fsp3) is 0.158. The Kier molecular flexibility index (Phi) is 5.34. The molecule has 0 spiro atoms. The maximum Gasteiger partial charge on any atom is 0.319 e. The first-order chi connectivity index (χ1) is 12.3. The Hall–Kier alpha value is -2.31. The van der Waals surface area contributed by atoms with Crippen LogP contribution in [0.3, 0.4) is 0 Å². The summed E-state index contributed by atoms with van der Waals surface area (Å²) in [7, 11) is 0. The van der Waals surface area contributed by atoms with Crippen LogP contribution in [0, 0.1) is 6.92 Å². The number of allylic oxidation sites excluding steroid dienone is 1. The van der Waals surface area contributed by atoms with Crippen molar-refractivity contribution in [2.45, 2.75) is 19.9 Å². The van der Waals surface area contributed by atoms with Gasteiger partial charge in [-0.15, -0.1) is 0 Å². The van der Waals surface area contributed by atoms with Crippen molar-refractivity contribution in [2.24, 2.45) is 0 Å². The van der Waals surface area contributed by atoms with Gasteiger partial charge in [-0.3, -0.25) is 4.79 Å². The smallest absolute Gasteiger partial charge is 0.319 e. The van der Waals surface area contributed by atoms with Crippen molar-refractivity contribution in [3.05, 3.63) is 74.4 Å². The fourth-order valence-electron chi connectivity index (χ4n) is 2.82. The van der Waals surface area contributed by atoms with Crippen LogP contribution in [0.4, 0.5) is 10.5 Å². The average molecular weight is 435 g/mol. The van der Waals surface area contributed by atoms with Gasteiger partial charge in [-0.05, 0) is 49.2 Å². The summed E-state index contributed by atoms with van der Waals surface area (Å²) in [5.41, 5.74) is 3.31. The second kappa shape index (κ2) is 7.51. The summed E-state index contributed by atoms with van der Waals surface area (Å²) in [5, 5.41) is 8.92. The van der Waals surface area contributed by atoms with Gasteiger partial charge in [-0.25, -0.2) is 4.79 Å². The third-order valence-electron chi connectivity index (χ3n) is 4.16. The van der Waals surface area contributed by atoms with E-state index in [0.717, 1.165) is 15.6 Å². The predicted molar refractivity (Wildman–Crippen MR) is 106 cm³/mol. The normalized spacial score (nSPS) is 16.8. The zero-order chi connectivity index (χ0) is 18.8. The molecule has 7 heteroatoms. The van der Waals surface area contributed by atoms with Crippen LogP contribution in [0.25, 0.3) is 0 Å². The summed E-state index contributed by atoms with van der Waals surface area (Å²) in [6.07, 6.45) is 0. The first kappa shape index (κ1) is 18.5. The Balaban J connectivity index is 1.96. The molecule has 0 saturated heterocycles. The van der Waals surface area contributed by atoms with E-state index in [4.69, 9.17) is 11.6 Å². The minimum atomic E-state index is -0.545. The quantitative estimate of drug-likeness (QED) is 0.656. The number of halogens is 2. The van der Waals surface area contributed by atoms with Crippen molar-refractivity contribution in [3.8, 4) is 0 Å². The van der Waals surface area contributed by atoms with Crippen LogP contribution in [0.1, 0.15) is 24.1 Å². The van der Waals surface area contributed by atoms with E-state index in [0.29, 0.717) is 22.0 Å². The van der Waals surface area contributed by atoms with Gasteiger partial charge in [0.25, 0.3) is 5.91 Å². The Morgan fingerprint density at radius 3 is 2.54 bits per heavy atom. The maximum absolute atomic E-state index is 13.0. The highest BCUT2D eigenvalue weighted by Gasteiger charge is 2.31. The molecule has 0 unspecified atom stereocenters. The molecular formula is C19H17BrClN3O2. The number of rotatable bonds is 3. The molecule has 3 amide bonds. The lowest BCUT2D eigenvalue weighted by atomic mass is 9.95. The van der Waals surface area contributed by atoms with Crippen LogP contribution in [0.5, 0.6) is 0 Å². The summed E-state index contributed by atoms with van der Waals surface area (Å²) in [5.74, 6) is -0.298. The molecule has 0 radical (unpaired) electrons. The van der Waals surface area contributed by atoms with Crippen LogP contribution in [0.2, 0.25) is 5.02 Å². The second-order valence-electron chi connectivity index (χ2n) is 6.04. The number of carbonyl (C=O) groups excluding carboxylic acids is 2. The molecule has 1 aliphatic rings. The van der Waals surface area contributed by atoms with Gasteiger partial charge in [-0.2, -0.15) is 0 Å². The van der Waals surface area contributed by atoms with E-state index in [2.05, 4.69) is 31.9 Å². The molecule has 3 rings (SSSR count). The van der Waals surface area contributed by atoms with E-state index in [1.807, 2.05) is 37.3 Å².